The quantitative estimate of drug-likeness (QED) is 0.621. The van der Waals surface area contributed by atoms with Gasteiger partial charge in [0.15, 0.2) is 11.5 Å². The minimum Gasteiger partial charge on any atom is -0.486 e. The van der Waals surface area contributed by atoms with Crippen LogP contribution in [0.5, 0.6) is 11.5 Å². The van der Waals surface area contributed by atoms with Crippen LogP contribution in [0.4, 0.5) is 4.79 Å². The second kappa shape index (κ2) is 7.48. The number of ether oxygens (including phenoxy) is 3. The highest BCUT2D eigenvalue weighted by atomic mass is 32.2. The fraction of sp³-hybridized carbons (Fsp3) is 0.375. The maximum Gasteiger partial charge on any atom is 0.337 e. The number of hydrogen-bond acceptors (Lipinski definition) is 6. The van der Waals surface area contributed by atoms with Crippen LogP contribution in [0.25, 0.3) is 0 Å². The van der Waals surface area contributed by atoms with Crippen molar-refractivity contribution in [3.8, 4) is 11.5 Å². The molecular weight excluding hydrogens is 332 g/mol. The summed E-state index contributed by atoms with van der Waals surface area (Å²) in [5.41, 5.74) is 1.01. The zero-order valence-corrected chi connectivity index (χ0v) is 14.0. The van der Waals surface area contributed by atoms with Crippen LogP contribution in [0.2, 0.25) is 0 Å². The normalized spacial score (nSPS) is 16.3. The van der Waals surface area contributed by atoms with Crippen molar-refractivity contribution in [2.24, 2.45) is 0 Å². The number of carbonyl (C=O) groups is 2. The Hall–Kier alpha value is -2.35. The molecule has 1 aromatic carbocycles. The first-order valence-corrected chi connectivity index (χ1v) is 8.62. The summed E-state index contributed by atoms with van der Waals surface area (Å²) >= 11 is 1.50. The van der Waals surface area contributed by atoms with E-state index in [0.717, 1.165) is 10.6 Å². The van der Waals surface area contributed by atoms with E-state index in [1.165, 1.54) is 11.8 Å². The van der Waals surface area contributed by atoms with Crippen LogP contribution in [-0.2, 0) is 9.53 Å². The monoisotopic (exact) mass is 350 g/mol. The molecule has 0 fully saturated rings. The van der Waals surface area contributed by atoms with Crippen LogP contribution < -0.4 is 20.1 Å². The van der Waals surface area contributed by atoms with E-state index >= 15 is 0 Å². The molecule has 8 heteroatoms. The summed E-state index contributed by atoms with van der Waals surface area (Å²) in [6.07, 6.45) is 0. The lowest BCUT2D eigenvalue weighted by atomic mass is 10.2. The van der Waals surface area contributed by atoms with Crippen LogP contribution >= 0.6 is 11.8 Å². The highest BCUT2D eigenvalue weighted by Crippen LogP contribution is 2.34. The van der Waals surface area contributed by atoms with Crippen molar-refractivity contribution in [2.45, 2.75) is 11.8 Å². The molecule has 2 amide bonds. The van der Waals surface area contributed by atoms with Gasteiger partial charge < -0.3 is 24.8 Å². The van der Waals surface area contributed by atoms with Gasteiger partial charge in [-0.05, 0) is 25.1 Å². The van der Waals surface area contributed by atoms with Gasteiger partial charge in [-0.25, -0.2) is 9.59 Å². The first kappa shape index (κ1) is 16.5. The van der Waals surface area contributed by atoms with Crippen molar-refractivity contribution in [2.75, 3.05) is 32.1 Å². The lowest BCUT2D eigenvalue weighted by Gasteiger charge is -2.21. The Balaban J connectivity index is 1.73. The molecule has 1 aromatic rings. The molecule has 128 valence electrons. The van der Waals surface area contributed by atoms with E-state index in [9.17, 15) is 9.59 Å². The number of carbonyl (C=O) groups excluding carboxylic acids is 2. The molecule has 0 atom stereocenters. The first-order chi connectivity index (χ1) is 11.7. The number of benzene rings is 1. The summed E-state index contributed by atoms with van der Waals surface area (Å²) in [6.45, 7) is 3.28. The Morgan fingerprint density at radius 2 is 2.08 bits per heavy atom. The molecule has 3 rings (SSSR count). The van der Waals surface area contributed by atoms with E-state index in [0.29, 0.717) is 42.6 Å². The Labute approximate surface area is 143 Å². The van der Waals surface area contributed by atoms with Gasteiger partial charge in [-0.1, -0.05) is 0 Å². The topological polar surface area (TPSA) is 85.9 Å². The average molecular weight is 350 g/mol. The number of esters is 1. The van der Waals surface area contributed by atoms with Crippen molar-refractivity contribution < 1.29 is 23.8 Å². The molecule has 2 N–H and O–H groups in total. The fourth-order valence-electron chi connectivity index (χ4n) is 2.34. The van der Waals surface area contributed by atoms with Crippen molar-refractivity contribution in [3.05, 3.63) is 29.5 Å². The average Bonchev–Trinajstić information content (AvgIpc) is 2.60. The molecule has 0 bridgehead atoms. The Morgan fingerprint density at radius 1 is 1.29 bits per heavy atom. The highest BCUT2D eigenvalue weighted by molar-refractivity contribution is 7.99. The molecule has 0 spiro atoms. The summed E-state index contributed by atoms with van der Waals surface area (Å²) < 4.78 is 16.1. The summed E-state index contributed by atoms with van der Waals surface area (Å²) in [6, 6.07) is 5.36. The maximum absolute atomic E-state index is 12.0. The lowest BCUT2D eigenvalue weighted by molar-refractivity contribution is -0.138. The van der Waals surface area contributed by atoms with Crippen LogP contribution in [0.3, 0.4) is 0 Å². The maximum atomic E-state index is 12.0. The Morgan fingerprint density at radius 3 is 2.88 bits per heavy atom. The molecule has 0 saturated carbocycles. The third-order valence-electron chi connectivity index (χ3n) is 3.47. The second-order valence-corrected chi connectivity index (χ2v) is 6.13. The van der Waals surface area contributed by atoms with E-state index in [2.05, 4.69) is 10.6 Å². The van der Waals surface area contributed by atoms with Gasteiger partial charge in [0, 0.05) is 16.3 Å². The van der Waals surface area contributed by atoms with Crippen LogP contribution in [0.1, 0.15) is 6.92 Å². The molecule has 7 nitrogen and oxygen atoms in total. The number of fused-ring (bicyclic) bond motifs is 1. The summed E-state index contributed by atoms with van der Waals surface area (Å²) in [5.74, 6) is 1.47. The number of nitrogens with one attached hydrogen (secondary N) is 2. The molecule has 0 radical (unpaired) electrons. The molecular formula is C16H18N2O5S. The molecule has 0 aromatic heterocycles. The predicted octanol–water partition coefficient (Wildman–Crippen LogP) is 1.68. The standard InChI is InChI=1S/C16H18N2O5S/c1-2-21-15(19)11-8-17-16(20)18-12(11)9-24-10-3-4-13-14(7-10)23-6-5-22-13/h3-4,7H,2,5-6,8-9H2,1H3,(H2,17,18,20). The van der Waals surface area contributed by atoms with E-state index < -0.39 is 5.97 Å². The zero-order chi connectivity index (χ0) is 16.9. The van der Waals surface area contributed by atoms with Gasteiger partial charge in [-0.2, -0.15) is 0 Å². The highest BCUT2D eigenvalue weighted by Gasteiger charge is 2.23. The number of urea groups is 1. The fourth-order valence-corrected chi connectivity index (χ4v) is 3.25. The van der Waals surface area contributed by atoms with Crippen molar-refractivity contribution in [1.82, 2.24) is 10.6 Å². The second-order valence-electron chi connectivity index (χ2n) is 5.08. The van der Waals surface area contributed by atoms with E-state index in [1.807, 2.05) is 18.2 Å². The summed E-state index contributed by atoms with van der Waals surface area (Å²) in [5, 5.41) is 5.28. The van der Waals surface area contributed by atoms with Crippen LogP contribution in [0.15, 0.2) is 34.4 Å². The number of hydrogen-bond donors (Lipinski definition) is 2. The molecule has 0 aliphatic carbocycles. The molecule has 2 aliphatic rings. The van der Waals surface area contributed by atoms with Gasteiger partial charge in [-0.15, -0.1) is 11.8 Å². The molecule has 2 heterocycles. The van der Waals surface area contributed by atoms with E-state index in [4.69, 9.17) is 14.2 Å². The molecule has 0 unspecified atom stereocenters. The van der Waals surface area contributed by atoms with Crippen molar-refractivity contribution in [3.63, 3.8) is 0 Å². The molecule has 2 aliphatic heterocycles. The first-order valence-electron chi connectivity index (χ1n) is 7.64. The minimum atomic E-state index is -0.414. The summed E-state index contributed by atoms with van der Waals surface area (Å²) in [7, 11) is 0. The molecule has 0 saturated heterocycles. The molecule has 24 heavy (non-hydrogen) atoms. The van der Waals surface area contributed by atoms with Gasteiger partial charge in [0.05, 0.1) is 18.7 Å². The number of rotatable bonds is 5. The van der Waals surface area contributed by atoms with E-state index in [1.54, 1.807) is 6.92 Å². The van der Waals surface area contributed by atoms with Crippen LogP contribution in [0, 0.1) is 0 Å². The smallest absolute Gasteiger partial charge is 0.337 e. The summed E-state index contributed by atoms with van der Waals surface area (Å²) in [4.78, 5) is 24.5. The zero-order valence-electron chi connectivity index (χ0n) is 13.2. The van der Waals surface area contributed by atoms with Gasteiger partial charge in [-0.3, -0.25) is 0 Å². The predicted molar refractivity (Wildman–Crippen MR) is 88.3 cm³/mol. The van der Waals surface area contributed by atoms with Crippen molar-refractivity contribution >= 4 is 23.8 Å². The number of thioether (sulfide) groups is 1. The third-order valence-corrected chi connectivity index (χ3v) is 4.49. The lowest BCUT2D eigenvalue weighted by Crippen LogP contribution is -2.44. The van der Waals surface area contributed by atoms with Gasteiger partial charge in [0.2, 0.25) is 0 Å². The van der Waals surface area contributed by atoms with Crippen LogP contribution in [-0.4, -0.2) is 44.1 Å². The van der Waals surface area contributed by atoms with E-state index in [-0.39, 0.29) is 12.6 Å². The Bertz CT molecular complexity index is 689. The largest absolute Gasteiger partial charge is 0.486 e. The SMILES string of the molecule is CCOC(=O)C1=C(CSc2ccc3c(c2)OCCO3)NC(=O)NC1. The number of amides is 2. The van der Waals surface area contributed by atoms with Crippen molar-refractivity contribution in [1.29, 1.82) is 0 Å². The Kier molecular flexibility index (Phi) is 5.14. The third kappa shape index (κ3) is 3.76. The van der Waals surface area contributed by atoms with Gasteiger partial charge in [0.1, 0.15) is 13.2 Å². The minimum absolute atomic E-state index is 0.168. The van der Waals surface area contributed by atoms with Gasteiger partial charge >= 0.3 is 12.0 Å². The van der Waals surface area contributed by atoms with Gasteiger partial charge in [0.25, 0.3) is 0 Å².